The highest BCUT2D eigenvalue weighted by atomic mass is 32.2. The van der Waals surface area contributed by atoms with Gasteiger partial charge in [-0.3, -0.25) is 9.62 Å². The van der Waals surface area contributed by atoms with E-state index in [1.165, 1.54) is 0 Å². The number of nitrogens with zero attached hydrogens (tertiary/aromatic N) is 1. The minimum absolute atomic E-state index is 0.190. The summed E-state index contributed by atoms with van der Waals surface area (Å²) in [5, 5.41) is 11.8. The van der Waals surface area contributed by atoms with Crippen LogP contribution in [-0.4, -0.2) is 76.1 Å². The van der Waals surface area contributed by atoms with Gasteiger partial charge in [-0.2, -0.15) is 0 Å². The molecule has 12 nitrogen and oxygen atoms in total. The number of ether oxygens (including phenoxy) is 5. The third-order valence-corrected chi connectivity index (χ3v) is 9.52. The maximum atomic E-state index is 12.4. The van der Waals surface area contributed by atoms with Gasteiger partial charge < -0.3 is 28.8 Å². The maximum Gasteiger partial charge on any atom is 0.344 e. The first-order valence-electron chi connectivity index (χ1n) is 19.0. The summed E-state index contributed by atoms with van der Waals surface area (Å²) in [5.74, 6) is 0.187. The van der Waals surface area contributed by atoms with Gasteiger partial charge in [0.25, 0.3) is 0 Å². The van der Waals surface area contributed by atoms with Crippen LogP contribution >= 0.6 is 0 Å². The van der Waals surface area contributed by atoms with E-state index in [0.29, 0.717) is 35.9 Å². The monoisotopic (exact) mass is 810 g/mol. The number of hydrogen-bond acceptors (Lipinski definition) is 11. The standard InChI is InChI=1S/C45H50N2O10S/c1-4-53-44(49)31-55-38-21-16-35(17-22-38)40(36-18-23-39(24-19-36)56-32-45(50)54-5-2)28-47(27-33-12-8-6-9-13-33)29-42(48)37-20-25-43(41(26-37)46-58(3,51)52)57-30-34-14-10-7-11-15-34/h6-26,40,42,46,48H,4-5,27-32H2,1-3H3. The fourth-order valence-electron chi connectivity index (χ4n) is 6.23. The average molecular weight is 811 g/mol. The van der Waals surface area contributed by atoms with E-state index in [9.17, 15) is 23.1 Å². The average Bonchev–Trinajstić information content (AvgIpc) is 3.21. The largest absolute Gasteiger partial charge is 0.487 e. The SMILES string of the molecule is CCOC(=O)COc1ccc(C(CN(Cc2ccccc2)CC(O)c2ccc(OCc3ccccc3)c(NS(C)(=O)=O)c2)c2ccc(OCC(=O)OCC)cc2)cc1. The minimum Gasteiger partial charge on any atom is -0.487 e. The number of benzene rings is 5. The van der Waals surface area contributed by atoms with E-state index in [-0.39, 0.29) is 51.2 Å². The Kier molecular flexibility index (Phi) is 16.1. The number of aliphatic hydroxyl groups is 1. The molecule has 306 valence electrons. The summed E-state index contributed by atoms with van der Waals surface area (Å²) in [6.45, 7) is 4.92. The molecule has 0 spiro atoms. The fraction of sp³-hybridized carbons (Fsp3) is 0.289. The highest BCUT2D eigenvalue weighted by Gasteiger charge is 2.23. The second kappa shape index (κ2) is 21.6. The van der Waals surface area contributed by atoms with Gasteiger partial charge in [0.2, 0.25) is 10.0 Å². The van der Waals surface area contributed by atoms with Crippen molar-refractivity contribution in [2.24, 2.45) is 0 Å². The van der Waals surface area contributed by atoms with Crippen LogP contribution in [0.15, 0.2) is 127 Å². The number of hydrogen-bond donors (Lipinski definition) is 2. The number of sulfonamides is 1. The van der Waals surface area contributed by atoms with Crippen LogP contribution in [0.25, 0.3) is 0 Å². The second-order valence-electron chi connectivity index (χ2n) is 13.5. The molecule has 5 rings (SSSR count). The van der Waals surface area contributed by atoms with Crippen molar-refractivity contribution in [1.29, 1.82) is 0 Å². The van der Waals surface area contributed by atoms with Crippen LogP contribution in [0.1, 0.15) is 53.7 Å². The molecule has 0 amide bonds. The third kappa shape index (κ3) is 13.9. The summed E-state index contributed by atoms with van der Waals surface area (Å²) in [4.78, 5) is 26.0. The van der Waals surface area contributed by atoms with Gasteiger partial charge in [-0.05, 0) is 78.1 Å². The van der Waals surface area contributed by atoms with E-state index in [2.05, 4.69) is 9.62 Å². The normalized spacial score (nSPS) is 11.8. The number of anilines is 1. The summed E-state index contributed by atoms with van der Waals surface area (Å²) in [6, 6.07) is 39.4. The molecule has 58 heavy (non-hydrogen) atoms. The van der Waals surface area contributed by atoms with Gasteiger partial charge in [-0.25, -0.2) is 18.0 Å². The summed E-state index contributed by atoms with van der Waals surface area (Å²) in [6.07, 6.45) is 0.0432. The molecule has 0 aliphatic carbocycles. The minimum atomic E-state index is -3.68. The number of carbonyl (C=O) groups excluding carboxylic acids is 2. The highest BCUT2D eigenvalue weighted by molar-refractivity contribution is 7.92. The van der Waals surface area contributed by atoms with Crippen molar-refractivity contribution in [3.63, 3.8) is 0 Å². The van der Waals surface area contributed by atoms with E-state index in [0.717, 1.165) is 28.5 Å². The van der Waals surface area contributed by atoms with Gasteiger partial charge in [0.05, 0.1) is 31.3 Å². The molecule has 1 unspecified atom stereocenters. The molecule has 0 saturated heterocycles. The molecule has 0 radical (unpaired) electrons. The lowest BCUT2D eigenvalue weighted by molar-refractivity contribution is -0.146. The Bertz CT molecular complexity index is 2080. The number of esters is 2. The quantitative estimate of drug-likeness (QED) is 0.0704. The van der Waals surface area contributed by atoms with Gasteiger partial charge in [-0.1, -0.05) is 91.0 Å². The topological polar surface area (TPSA) is 150 Å². The molecule has 0 aliphatic heterocycles. The van der Waals surface area contributed by atoms with Crippen LogP contribution in [0.3, 0.4) is 0 Å². The van der Waals surface area contributed by atoms with Crippen LogP contribution in [0.5, 0.6) is 17.2 Å². The summed E-state index contributed by atoms with van der Waals surface area (Å²) >= 11 is 0. The van der Waals surface area contributed by atoms with Crippen molar-refractivity contribution in [2.45, 2.75) is 39.0 Å². The lowest BCUT2D eigenvalue weighted by Gasteiger charge is -2.30. The molecule has 2 N–H and O–H groups in total. The lowest BCUT2D eigenvalue weighted by atomic mass is 9.90. The molecule has 0 fully saturated rings. The number of aliphatic hydroxyl groups excluding tert-OH is 1. The summed E-state index contributed by atoms with van der Waals surface area (Å²) in [7, 11) is -3.68. The number of carbonyl (C=O) groups is 2. The van der Waals surface area contributed by atoms with Crippen molar-refractivity contribution in [3.8, 4) is 17.2 Å². The van der Waals surface area contributed by atoms with Crippen LogP contribution in [0, 0.1) is 0 Å². The maximum absolute atomic E-state index is 12.4. The molecule has 5 aromatic rings. The first-order chi connectivity index (χ1) is 28.0. The highest BCUT2D eigenvalue weighted by Crippen LogP contribution is 2.33. The van der Waals surface area contributed by atoms with E-state index in [4.69, 9.17) is 23.7 Å². The molecule has 5 aromatic carbocycles. The van der Waals surface area contributed by atoms with Gasteiger partial charge in [0.1, 0.15) is 23.9 Å². The summed E-state index contributed by atoms with van der Waals surface area (Å²) in [5.41, 5.74) is 4.55. The summed E-state index contributed by atoms with van der Waals surface area (Å²) < 4.78 is 54.7. The van der Waals surface area contributed by atoms with Crippen molar-refractivity contribution < 1.29 is 46.8 Å². The van der Waals surface area contributed by atoms with E-state index >= 15 is 0 Å². The Balaban J connectivity index is 1.43. The Hall–Kier alpha value is -5.89. The molecular formula is C45H50N2O10S. The van der Waals surface area contributed by atoms with Gasteiger partial charge in [0, 0.05) is 25.6 Å². The van der Waals surface area contributed by atoms with Crippen LogP contribution in [0.4, 0.5) is 5.69 Å². The van der Waals surface area contributed by atoms with Gasteiger partial charge in [-0.15, -0.1) is 0 Å². The third-order valence-electron chi connectivity index (χ3n) is 8.93. The zero-order chi connectivity index (χ0) is 41.3. The molecule has 0 bridgehead atoms. The Labute approximate surface area is 340 Å². The smallest absolute Gasteiger partial charge is 0.344 e. The Morgan fingerprint density at radius 1 is 0.655 bits per heavy atom. The fourth-order valence-corrected chi connectivity index (χ4v) is 6.79. The van der Waals surface area contributed by atoms with Crippen molar-refractivity contribution >= 4 is 27.6 Å². The first kappa shape index (κ1) is 43.2. The van der Waals surface area contributed by atoms with Crippen LogP contribution < -0.4 is 18.9 Å². The lowest BCUT2D eigenvalue weighted by Crippen LogP contribution is -2.33. The number of nitrogens with one attached hydrogen (secondary N) is 1. The van der Waals surface area contributed by atoms with Crippen LogP contribution in [-0.2, 0) is 42.2 Å². The Morgan fingerprint density at radius 3 is 1.66 bits per heavy atom. The molecule has 0 heterocycles. The number of rotatable bonds is 22. The predicted molar refractivity (Wildman–Crippen MR) is 221 cm³/mol. The predicted octanol–water partition coefficient (Wildman–Crippen LogP) is 6.89. The van der Waals surface area contributed by atoms with Crippen molar-refractivity contribution in [2.75, 3.05) is 50.5 Å². The van der Waals surface area contributed by atoms with Crippen molar-refractivity contribution in [3.05, 3.63) is 155 Å². The van der Waals surface area contributed by atoms with Gasteiger partial charge >= 0.3 is 11.9 Å². The Morgan fingerprint density at radius 2 is 1.16 bits per heavy atom. The molecule has 1 atom stereocenters. The first-order valence-corrected chi connectivity index (χ1v) is 20.9. The van der Waals surface area contributed by atoms with E-state index in [1.807, 2.05) is 84.9 Å². The van der Waals surface area contributed by atoms with Crippen molar-refractivity contribution in [1.82, 2.24) is 4.90 Å². The zero-order valence-corrected chi connectivity index (χ0v) is 33.7. The molecule has 0 aliphatic rings. The van der Waals surface area contributed by atoms with E-state index < -0.39 is 28.1 Å². The zero-order valence-electron chi connectivity index (χ0n) is 32.9. The second-order valence-corrected chi connectivity index (χ2v) is 15.2. The molecule has 13 heteroatoms. The molecule has 0 aromatic heterocycles. The molecule has 0 saturated carbocycles. The molecular weight excluding hydrogens is 761 g/mol. The van der Waals surface area contributed by atoms with Gasteiger partial charge in [0.15, 0.2) is 13.2 Å². The van der Waals surface area contributed by atoms with Crippen LogP contribution in [0.2, 0.25) is 0 Å². The van der Waals surface area contributed by atoms with E-state index in [1.54, 1.807) is 56.3 Å².